The van der Waals surface area contributed by atoms with Crippen LogP contribution in [0.1, 0.15) is 37.4 Å². The van der Waals surface area contributed by atoms with E-state index >= 15 is 0 Å². The third-order valence-electron chi connectivity index (χ3n) is 4.88. The van der Waals surface area contributed by atoms with E-state index in [4.69, 9.17) is 9.26 Å². The summed E-state index contributed by atoms with van der Waals surface area (Å²) in [6.45, 7) is 4.42. The Balaban J connectivity index is 1.77. The van der Waals surface area contributed by atoms with Crippen LogP contribution >= 0.6 is 0 Å². The molecule has 0 saturated carbocycles. The fourth-order valence-corrected chi connectivity index (χ4v) is 3.44. The number of ether oxygens (including phenoxy) is 1. The van der Waals surface area contributed by atoms with Crippen molar-refractivity contribution in [3.63, 3.8) is 0 Å². The Bertz CT molecular complexity index is 682. The van der Waals surface area contributed by atoms with Crippen molar-refractivity contribution >= 4 is 17.0 Å². The number of aryl methyl sites for hydroxylation is 1. The summed E-state index contributed by atoms with van der Waals surface area (Å²) in [6, 6.07) is 4.19. The van der Waals surface area contributed by atoms with Crippen LogP contribution in [0.5, 0.6) is 5.75 Å². The van der Waals surface area contributed by atoms with Crippen molar-refractivity contribution in [1.29, 1.82) is 0 Å². The van der Waals surface area contributed by atoms with Crippen molar-refractivity contribution in [2.75, 3.05) is 27.2 Å². The van der Waals surface area contributed by atoms with Crippen LogP contribution in [0.2, 0.25) is 0 Å². The molecule has 4 nitrogen and oxygen atoms in total. The second-order valence-corrected chi connectivity index (χ2v) is 6.48. The van der Waals surface area contributed by atoms with Gasteiger partial charge < -0.3 is 14.2 Å². The molecule has 1 aliphatic heterocycles. The number of aromatic nitrogens is 1. The highest BCUT2D eigenvalue weighted by atomic mass is 16.5. The summed E-state index contributed by atoms with van der Waals surface area (Å²) < 4.78 is 11.1. The van der Waals surface area contributed by atoms with Gasteiger partial charge in [0, 0.05) is 10.9 Å². The van der Waals surface area contributed by atoms with Crippen LogP contribution in [0.25, 0.3) is 17.0 Å². The maximum Gasteiger partial charge on any atom is 0.209 e. The summed E-state index contributed by atoms with van der Waals surface area (Å²) in [6.07, 6.45) is 8.78. The summed E-state index contributed by atoms with van der Waals surface area (Å²) >= 11 is 0. The number of likely N-dealkylation sites (tertiary alicyclic amines) is 1. The molecule has 4 heteroatoms. The Kier molecular flexibility index (Phi) is 5.01. The lowest BCUT2D eigenvalue weighted by Crippen LogP contribution is -2.30. The second-order valence-electron chi connectivity index (χ2n) is 6.48. The summed E-state index contributed by atoms with van der Waals surface area (Å²) in [5.41, 5.74) is 2.85. The van der Waals surface area contributed by atoms with Gasteiger partial charge in [-0.05, 0) is 64.7 Å². The fourth-order valence-electron chi connectivity index (χ4n) is 3.44. The van der Waals surface area contributed by atoms with Crippen LogP contribution in [0.15, 0.2) is 22.7 Å². The SMILES string of the molecule is CC=Cc1ccc2c(CCC3CCN(C)CC3)noc2c1OC. The topological polar surface area (TPSA) is 38.5 Å². The third kappa shape index (κ3) is 3.42. The quantitative estimate of drug-likeness (QED) is 0.831. The first-order valence-corrected chi connectivity index (χ1v) is 8.49. The predicted octanol–water partition coefficient (Wildman–Crippen LogP) is 4.14. The average Bonchev–Trinajstić information content (AvgIpc) is 2.97. The minimum atomic E-state index is 0.765. The molecule has 1 aromatic carbocycles. The summed E-state index contributed by atoms with van der Waals surface area (Å²) in [5.74, 6) is 1.58. The molecule has 0 bridgehead atoms. The van der Waals surface area contributed by atoms with E-state index in [1.54, 1.807) is 7.11 Å². The lowest BCUT2D eigenvalue weighted by molar-refractivity contribution is 0.212. The monoisotopic (exact) mass is 314 g/mol. The van der Waals surface area contributed by atoms with Crippen LogP contribution in [0.3, 0.4) is 0 Å². The maximum atomic E-state index is 5.60. The first-order chi connectivity index (χ1) is 11.2. The van der Waals surface area contributed by atoms with Crippen LogP contribution in [-0.4, -0.2) is 37.3 Å². The third-order valence-corrected chi connectivity index (χ3v) is 4.88. The van der Waals surface area contributed by atoms with Crippen LogP contribution < -0.4 is 4.74 Å². The van der Waals surface area contributed by atoms with E-state index in [0.717, 1.165) is 40.3 Å². The zero-order valence-electron chi connectivity index (χ0n) is 14.3. The molecular weight excluding hydrogens is 288 g/mol. The van der Waals surface area contributed by atoms with Gasteiger partial charge in [0.05, 0.1) is 12.8 Å². The Morgan fingerprint density at radius 3 is 2.83 bits per heavy atom. The number of fused-ring (bicyclic) bond motifs is 1. The van der Waals surface area contributed by atoms with E-state index in [9.17, 15) is 0 Å². The number of piperidine rings is 1. The zero-order valence-corrected chi connectivity index (χ0v) is 14.3. The number of hydrogen-bond donors (Lipinski definition) is 0. The summed E-state index contributed by atoms with van der Waals surface area (Å²) in [5, 5.41) is 5.40. The van der Waals surface area contributed by atoms with Crippen LogP contribution in [0.4, 0.5) is 0 Å². The Labute approximate surface area is 138 Å². The molecular formula is C19H26N2O2. The summed E-state index contributed by atoms with van der Waals surface area (Å²) in [7, 11) is 3.89. The van der Waals surface area contributed by atoms with Gasteiger partial charge in [-0.2, -0.15) is 0 Å². The van der Waals surface area contributed by atoms with E-state index in [1.165, 1.54) is 32.4 Å². The summed E-state index contributed by atoms with van der Waals surface area (Å²) in [4.78, 5) is 2.41. The van der Waals surface area contributed by atoms with Crippen molar-refractivity contribution in [3.8, 4) is 5.75 Å². The van der Waals surface area contributed by atoms with E-state index < -0.39 is 0 Å². The van der Waals surface area contributed by atoms with Crippen molar-refractivity contribution in [1.82, 2.24) is 10.1 Å². The Morgan fingerprint density at radius 2 is 2.13 bits per heavy atom. The van der Waals surface area contributed by atoms with Gasteiger partial charge in [0.2, 0.25) is 5.58 Å². The fraction of sp³-hybridized carbons (Fsp3) is 0.526. The molecule has 0 radical (unpaired) electrons. The molecule has 2 heterocycles. The van der Waals surface area contributed by atoms with E-state index in [-0.39, 0.29) is 0 Å². The molecule has 0 aliphatic carbocycles. The minimum absolute atomic E-state index is 0.765. The maximum absolute atomic E-state index is 5.60. The molecule has 0 amide bonds. The first-order valence-electron chi connectivity index (χ1n) is 8.49. The molecule has 23 heavy (non-hydrogen) atoms. The highest BCUT2D eigenvalue weighted by Crippen LogP contribution is 2.33. The van der Waals surface area contributed by atoms with E-state index in [0.29, 0.717) is 0 Å². The minimum Gasteiger partial charge on any atom is -0.492 e. The molecule has 1 aromatic heterocycles. The molecule has 1 fully saturated rings. The predicted molar refractivity (Wildman–Crippen MR) is 93.8 cm³/mol. The van der Waals surface area contributed by atoms with Crippen molar-refractivity contribution in [3.05, 3.63) is 29.5 Å². The van der Waals surface area contributed by atoms with Gasteiger partial charge in [0.1, 0.15) is 0 Å². The molecule has 124 valence electrons. The number of methoxy groups -OCH3 is 1. The van der Waals surface area contributed by atoms with Gasteiger partial charge in [-0.25, -0.2) is 0 Å². The largest absolute Gasteiger partial charge is 0.492 e. The number of benzene rings is 1. The van der Waals surface area contributed by atoms with E-state index in [1.807, 2.05) is 19.1 Å². The standard InChI is InChI=1S/C19H26N2O2/c1-4-5-15-7-8-16-17(20-23-19(16)18(15)22-3)9-6-14-10-12-21(2)13-11-14/h4-5,7-8,14H,6,9-13H2,1-3H3. The number of rotatable bonds is 5. The Morgan fingerprint density at radius 1 is 1.35 bits per heavy atom. The number of nitrogens with zero attached hydrogens (tertiary/aromatic N) is 2. The van der Waals surface area contributed by atoms with Gasteiger partial charge in [0.15, 0.2) is 5.75 Å². The second kappa shape index (κ2) is 7.18. The highest BCUT2D eigenvalue weighted by molar-refractivity contribution is 5.88. The van der Waals surface area contributed by atoms with Crippen LogP contribution in [0, 0.1) is 5.92 Å². The molecule has 1 saturated heterocycles. The Hall–Kier alpha value is -1.81. The van der Waals surface area contributed by atoms with Crippen LogP contribution in [-0.2, 0) is 6.42 Å². The van der Waals surface area contributed by atoms with Crippen molar-refractivity contribution in [2.24, 2.45) is 5.92 Å². The van der Waals surface area contributed by atoms with Gasteiger partial charge in [0.25, 0.3) is 0 Å². The molecule has 0 spiro atoms. The molecule has 3 rings (SSSR count). The zero-order chi connectivity index (χ0) is 16.2. The lowest BCUT2D eigenvalue weighted by Gasteiger charge is -2.28. The highest BCUT2D eigenvalue weighted by Gasteiger charge is 2.19. The normalized spacial score (nSPS) is 17.3. The number of hydrogen-bond acceptors (Lipinski definition) is 4. The molecule has 0 atom stereocenters. The average molecular weight is 314 g/mol. The van der Waals surface area contributed by atoms with Gasteiger partial charge in [-0.15, -0.1) is 0 Å². The van der Waals surface area contributed by atoms with Gasteiger partial charge in [-0.3, -0.25) is 0 Å². The van der Waals surface area contributed by atoms with Gasteiger partial charge in [-0.1, -0.05) is 23.4 Å². The number of allylic oxidation sites excluding steroid dienone is 1. The van der Waals surface area contributed by atoms with Crippen molar-refractivity contribution < 1.29 is 9.26 Å². The van der Waals surface area contributed by atoms with Gasteiger partial charge >= 0.3 is 0 Å². The molecule has 1 aliphatic rings. The van der Waals surface area contributed by atoms with E-state index in [2.05, 4.69) is 29.2 Å². The van der Waals surface area contributed by atoms with Crippen molar-refractivity contribution in [2.45, 2.75) is 32.6 Å². The lowest BCUT2D eigenvalue weighted by atomic mass is 9.91. The molecule has 2 aromatic rings. The molecule has 0 unspecified atom stereocenters. The smallest absolute Gasteiger partial charge is 0.209 e. The first kappa shape index (κ1) is 16.1. The molecule has 0 N–H and O–H groups in total.